The minimum Gasteiger partial charge on any atom is -0.379 e. The third-order valence-electron chi connectivity index (χ3n) is 4.68. The highest BCUT2D eigenvalue weighted by atomic mass is 32.1. The Morgan fingerprint density at radius 1 is 1.22 bits per heavy atom. The van der Waals surface area contributed by atoms with Crippen LogP contribution >= 0.6 is 11.3 Å². The number of hydrogen-bond donors (Lipinski definition) is 1. The first-order valence-corrected chi connectivity index (χ1v) is 10.4. The van der Waals surface area contributed by atoms with Crippen molar-refractivity contribution in [1.29, 1.82) is 0 Å². The number of carbonyl (C=O) groups excluding carboxylic acids is 1. The number of carbonyl (C=O) groups is 1. The molecule has 2 aromatic rings. The maximum atomic E-state index is 12.3. The van der Waals surface area contributed by atoms with Crippen LogP contribution < -0.4 is 10.2 Å². The first-order chi connectivity index (χ1) is 13.2. The summed E-state index contributed by atoms with van der Waals surface area (Å²) in [5, 5.41) is 6.01. The van der Waals surface area contributed by atoms with E-state index in [1.807, 2.05) is 29.6 Å². The van der Waals surface area contributed by atoms with Crippen molar-refractivity contribution >= 4 is 28.6 Å². The summed E-state index contributed by atoms with van der Waals surface area (Å²) in [6.45, 7) is 10.5. The first kappa shape index (κ1) is 19.8. The van der Waals surface area contributed by atoms with E-state index < -0.39 is 0 Å². The van der Waals surface area contributed by atoms with Crippen LogP contribution in [-0.4, -0.2) is 55.2 Å². The van der Waals surface area contributed by atoms with Gasteiger partial charge in [-0.25, -0.2) is 4.98 Å². The van der Waals surface area contributed by atoms with Crippen LogP contribution in [0.5, 0.6) is 0 Å². The molecule has 3 rings (SSSR count). The zero-order valence-corrected chi connectivity index (χ0v) is 16.9. The molecule has 1 aromatic heterocycles. The number of rotatable bonds is 8. The third kappa shape index (κ3) is 5.76. The fourth-order valence-electron chi connectivity index (χ4n) is 3.17. The van der Waals surface area contributed by atoms with Crippen molar-refractivity contribution in [1.82, 2.24) is 9.88 Å². The number of morpholine rings is 1. The SMILES string of the molecule is CCN(CC)c1ccc(NC(=O)Cc2csc(CN3CCOCC3)n2)cc1. The van der Waals surface area contributed by atoms with Crippen molar-refractivity contribution in [2.75, 3.05) is 49.6 Å². The topological polar surface area (TPSA) is 57.7 Å². The summed E-state index contributed by atoms with van der Waals surface area (Å²) < 4.78 is 5.37. The Hall–Kier alpha value is -1.96. The molecule has 0 saturated carbocycles. The normalized spacial score (nSPS) is 14.9. The van der Waals surface area contributed by atoms with Crippen LogP contribution in [0.25, 0.3) is 0 Å². The average Bonchev–Trinajstić information content (AvgIpc) is 3.11. The molecule has 1 amide bonds. The maximum Gasteiger partial charge on any atom is 0.230 e. The Balaban J connectivity index is 1.50. The van der Waals surface area contributed by atoms with E-state index in [2.05, 4.69) is 33.9 Å². The second-order valence-electron chi connectivity index (χ2n) is 6.57. The summed E-state index contributed by atoms with van der Waals surface area (Å²) in [5.41, 5.74) is 2.82. The van der Waals surface area contributed by atoms with Gasteiger partial charge in [-0.1, -0.05) is 0 Å². The van der Waals surface area contributed by atoms with Gasteiger partial charge in [-0.3, -0.25) is 9.69 Å². The average molecular weight is 389 g/mol. The molecule has 6 nitrogen and oxygen atoms in total. The molecule has 1 fully saturated rings. The van der Waals surface area contributed by atoms with E-state index in [9.17, 15) is 4.79 Å². The summed E-state index contributed by atoms with van der Waals surface area (Å²) in [4.78, 5) is 21.6. The molecule has 1 saturated heterocycles. The number of ether oxygens (including phenoxy) is 1. The predicted octanol–water partition coefficient (Wildman–Crippen LogP) is 3.00. The Kier molecular flexibility index (Phi) is 7.20. The van der Waals surface area contributed by atoms with Gasteiger partial charge in [0.05, 0.1) is 31.9 Å². The van der Waals surface area contributed by atoms with Gasteiger partial charge in [0, 0.05) is 42.9 Å². The van der Waals surface area contributed by atoms with Gasteiger partial charge in [0.15, 0.2) is 0 Å². The highest BCUT2D eigenvalue weighted by Gasteiger charge is 2.14. The number of benzene rings is 1. The van der Waals surface area contributed by atoms with Gasteiger partial charge in [0.2, 0.25) is 5.91 Å². The van der Waals surface area contributed by atoms with Gasteiger partial charge in [-0.15, -0.1) is 11.3 Å². The largest absolute Gasteiger partial charge is 0.379 e. The molecule has 27 heavy (non-hydrogen) atoms. The van der Waals surface area contributed by atoms with Crippen molar-refractivity contribution in [3.63, 3.8) is 0 Å². The molecule has 146 valence electrons. The summed E-state index contributed by atoms with van der Waals surface area (Å²) in [7, 11) is 0. The van der Waals surface area contributed by atoms with Crippen LogP contribution in [0.4, 0.5) is 11.4 Å². The molecule has 0 unspecified atom stereocenters. The van der Waals surface area contributed by atoms with E-state index in [1.54, 1.807) is 11.3 Å². The molecule has 2 heterocycles. The van der Waals surface area contributed by atoms with Crippen LogP contribution in [0.15, 0.2) is 29.6 Å². The minimum absolute atomic E-state index is 0.0335. The number of aromatic nitrogens is 1. The number of anilines is 2. The lowest BCUT2D eigenvalue weighted by molar-refractivity contribution is -0.115. The number of nitrogens with zero attached hydrogens (tertiary/aromatic N) is 3. The highest BCUT2D eigenvalue weighted by Crippen LogP contribution is 2.18. The summed E-state index contributed by atoms with van der Waals surface area (Å²) in [6.07, 6.45) is 0.303. The van der Waals surface area contributed by atoms with Crippen LogP contribution in [-0.2, 0) is 22.5 Å². The van der Waals surface area contributed by atoms with Crippen molar-refractivity contribution in [2.24, 2.45) is 0 Å². The predicted molar refractivity (Wildman–Crippen MR) is 111 cm³/mol. The Bertz CT molecular complexity index is 722. The summed E-state index contributed by atoms with van der Waals surface area (Å²) in [6, 6.07) is 8.00. The fraction of sp³-hybridized carbons (Fsp3) is 0.500. The van der Waals surface area contributed by atoms with Gasteiger partial charge in [-0.05, 0) is 38.1 Å². The van der Waals surface area contributed by atoms with Gasteiger partial charge < -0.3 is 15.0 Å². The Labute approximate surface area is 165 Å². The van der Waals surface area contributed by atoms with Crippen LogP contribution in [0.1, 0.15) is 24.5 Å². The number of thiazole rings is 1. The van der Waals surface area contributed by atoms with Crippen LogP contribution in [0.2, 0.25) is 0 Å². The van der Waals surface area contributed by atoms with Gasteiger partial charge >= 0.3 is 0 Å². The minimum atomic E-state index is -0.0335. The van der Waals surface area contributed by atoms with E-state index in [4.69, 9.17) is 4.74 Å². The van der Waals surface area contributed by atoms with E-state index in [0.29, 0.717) is 6.42 Å². The molecule has 1 aliphatic heterocycles. The fourth-order valence-corrected chi connectivity index (χ4v) is 4.00. The molecule has 0 radical (unpaired) electrons. The number of amides is 1. The first-order valence-electron chi connectivity index (χ1n) is 9.56. The summed E-state index contributed by atoms with van der Waals surface area (Å²) in [5.74, 6) is -0.0335. The van der Waals surface area contributed by atoms with E-state index in [-0.39, 0.29) is 5.91 Å². The summed E-state index contributed by atoms with van der Waals surface area (Å²) >= 11 is 1.62. The number of hydrogen-bond acceptors (Lipinski definition) is 6. The molecule has 7 heteroatoms. The molecule has 1 aromatic carbocycles. The highest BCUT2D eigenvalue weighted by molar-refractivity contribution is 7.09. The van der Waals surface area contributed by atoms with Gasteiger partial charge in [0.1, 0.15) is 5.01 Å². The third-order valence-corrected chi connectivity index (χ3v) is 5.57. The van der Waals surface area contributed by atoms with Crippen LogP contribution in [0, 0.1) is 0 Å². The second-order valence-corrected chi connectivity index (χ2v) is 7.51. The quantitative estimate of drug-likeness (QED) is 0.753. The van der Waals surface area contributed by atoms with E-state index in [0.717, 1.165) is 62.3 Å². The molecule has 1 aliphatic rings. The van der Waals surface area contributed by atoms with Crippen molar-refractivity contribution in [3.05, 3.63) is 40.3 Å². The van der Waals surface area contributed by atoms with Crippen molar-refractivity contribution < 1.29 is 9.53 Å². The smallest absolute Gasteiger partial charge is 0.230 e. The second kappa shape index (κ2) is 9.82. The van der Waals surface area contributed by atoms with Crippen molar-refractivity contribution in [3.8, 4) is 0 Å². The molecule has 0 bridgehead atoms. The van der Waals surface area contributed by atoms with Gasteiger partial charge in [0.25, 0.3) is 0 Å². The molecular weight excluding hydrogens is 360 g/mol. The lowest BCUT2D eigenvalue weighted by Gasteiger charge is -2.25. The lowest BCUT2D eigenvalue weighted by atomic mass is 10.2. The maximum absolute atomic E-state index is 12.3. The monoisotopic (exact) mass is 388 g/mol. The lowest BCUT2D eigenvalue weighted by Crippen LogP contribution is -2.35. The van der Waals surface area contributed by atoms with E-state index >= 15 is 0 Å². The Morgan fingerprint density at radius 2 is 1.93 bits per heavy atom. The van der Waals surface area contributed by atoms with Crippen molar-refractivity contribution in [2.45, 2.75) is 26.8 Å². The number of nitrogens with one attached hydrogen (secondary N) is 1. The molecule has 0 atom stereocenters. The zero-order chi connectivity index (χ0) is 19.1. The van der Waals surface area contributed by atoms with Crippen LogP contribution in [0.3, 0.4) is 0 Å². The molecular formula is C20H28N4O2S. The Morgan fingerprint density at radius 3 is 2.59 bits per heavy atom. The molecule has 0 aliphatic carbocycles. The molecule has 1 N–H and O–H groups in total. The molecule has 0 spiro atoms. The zero-order valence-electron chi connectivity index (χ0n) is 16.1. The van der Waals surface area contributed by atoms with E-state index in [1.165, 1.54) is 5.69 Å². The van der Waals surface area contributed by atoms with Gasteiger partial charge in [-0.2, -0.15) is 0 Å². The standard InChI is InChI=1S/C20H28N4O2S/c1-3-24(4-2)18-7-5-16(6-8-18)21-19(25)13-17-15-27-20(22-17)14-23-9-11-26-12-10-23/h5-8,15H,3-4,9-14H2,1-2H3,(H,21,25).